The highest BCUT2D eigenvalue weighted by Gasteiger charge is 2.36. The lowest BCUT2D eigenvalue weighted by atomic mass is 10.1. The first-order valence-electron chi connectivity index (χ1n) is 9.56. The average molecular weight is 499 g/mol. The third-order valence-electron chi connectivity index (χ3n) is 5.05. The second-order valence-electron chi connectivity index (χ2n) is 7.44. The highest BCUT2D eigenvalue weighted by atomic mass is 127. The predicted octanol–water partition coefficient (Wildman–Crippen LogP) is 1.71. The molecule has 1 atom stereocenters. The molecule has 2 fully saturated rings. The molecule has 1 aromatic rings. The van der Waals surface area contributed by atoms with E-state index in [4.69, 9.17) is 0 Å². The smallest absolute Gasteiger partial charge is 0.243 e. The first-order chi connectivity index (χ1) is 13.0. The van der Waals surface area contributed by atoms with E-state index in [-0.39, 0.29) is 48.4 Å². The Morgan fingerprint density at radius 1 is 1.25 bits per heavy atom. The van der Waals surface area contributed by atoms with E-state index in [2.05, 4.69) is 29.4 Å². The maximum atomic E-state index is 12.5. The highest BCUT2D eigenvalue weighted by molar-refractivity contribution is 14.0. The molecule has 0 aromatic heterocycles. The molecule has 1 N–H and O–H groups in total. The molecule has 8 heteroatoms. The van der Waals surface area contributed by atoms with Crippen molar-refractivity contribution in [3.63, 3.8) is 0 Å². The summed E-state index contributed by atoms with van der Waals surface area (Å²) in [6, 6.07) is 10.5. The maximum absolute atomic E-state index is 12.5. The van der Waals surface area contributed by atoms with Gasteiger partial charge in [-0.15, -0.1) is 24.0 Å². The van der Waals surface area contributed by atoms with E-state index in [1.807, 2.05) is 28.0 Å². The minimum atomic E-state index is -0.0652. The number of nitrogens with zero attached hydrogens (tertiary/aromatic N) is 4. The number of amides is 2. The molecule has 1 saturated carbocycles. The zero-order valence-corrected chi connectivity index (χ0v) is 19.1. The molecular weight excluding hydrogens is 469 g/mol. The Labute approximate surface area is 184 Å². The van der Waals surface area contributed by atoms with Gasteiger partial charge in [0.2, 0.25) is 11.8 Å². The Hall–Kier alpha value is -1.84. The standard InChI is InChI=1S/C20H29N5O2.HI/c1-15(16-7-5-4-6-8-16)22-20(21-13-18(26)23(2)3)24-11-12-25(17-9-10-17)19(27)14-24;/h4-8,15,17H,9-14H2,1-3H3,(H,21,22);1H. The molecule has 1 saturated heterocycles. The fourth-order valence-corrected chi connectivity index (χ4v) is 3.18. The van der Waals surface area contributed by atoms with E-state index in [1.165, 1.54) is 4.90 Å². The van der Waals surface area contributed by atoms with Crippen LogP contribution in [0.25, 0.3) is 0 Å². The molecule has 3 rings (SSSR count). The van der Waals surface area contributed by atoms with Gasteiger partial charge in [0.25, 0.3) is 0 Å². The van der Waals surface area contributed by atoms with Crippen LogP contribution in [-0.4, -0.2) is 78.8 Å². The van der Waals surface area contributed by atoms with Gasteiger partial charge in [0.05, 0.1) is 12.6 Å². The highest BCUT2D eigenvalue weighted by Crippen LogP contribution is 2.28. The van der Waals surface area contributed by atoms with E-state index in [0.29, 0.717) is 25.1 Å². The van der Waals surface area contributed by atoms with E-state index >= 15 is 0 Å². The molecule has 1 unspecified atom stereocenters. The zero-order chi connectivity index (χ0) is 19.4. The van der Waals surface area contributed by atoms with Crippen molar-refractivity contribution in [1.29, 1.82) is 0 Å². The van der Waals surface area contributed by atoms with Gasteiger partial charge in [-0.2, -0.15) is 0 Å². The van der Waals surface area contributed by atoms with Crippen molar-refractivity contribution in [2.45, 2.75) is 31.8 Å². The summed E-state index contributed by atoms with van der Waals surface area (Å²) in [6.07, 6.45) is 2.24. The molecule has 28 heavy (non-hydrogen) atoms. The third kappa shape index (κ3) is 5.83. The van der Waals surface area contributed by atoms with Crippen LogP contribution in [0.4, 0.5) is 0 Å². The van der Waals surface area contributed by atoms with Crippen LogP contribution in [0.3, 0.4) is 0 Å². The van der Waals surface area contributed by atoms with Crippen molar-refractivity contribution in [3.8, 4) is 0 Å². The van der Waals surface area contributed by atoms with Crippen LogP contribution in [0.5, 0.6) is 0 Å². The van der Waals surface area contributed by atoms with Gasteiger partial charge in [-0.05, 0) is 25.3 Å². The quantitative estimate of drug-likeness (QED) is 0.381. The molecule has 2 amide bonds. The SMILES string of the molecule is CC(NC(=NCC(=O)N(C)C)N1CCN(C2CC2)C(=O)C1)c1ccccc1.I. The van der Waals surface area contributed by atoms with Crippen LogP contribution in [0, 0.1) is 0 Å². The summed E-state index contributed by atoms with van der Waals surface area (Å²) < 4.78 is 0. The number of carbonyl (C=O) groups excluding carboxylic acids is 2. The van der Waals surface area contributed by atoms with Crippen molar-refractivity contribution in [2.75, 3.05) is 40.3 Å². The molecule has 2 aliphatic rings. The number of guanidine groups is 1. The first kappa shape index (κ1) is 22.4. The molecule has 1 aliphatic heterocycles. The Morgan fingerprint density at radius 2 is 1.93 bits per heavy atom. The Balaban J connectivity index is 0.00000280. The predicted molar refractivity (Wildman–Crippen MR) is 121 cm³/mol. The second-order valence-corrected chi connectivity index (χ2v) is 7.44. The van der Waals surface area contributed by atoms with Gasteiger partial charge < -0.3 is 20.0 Å². The number of likely N-dealkylation sites (N-methyl/N-ethyl adjacent to an activating group) is 1. The number of aliphatic imine (C=N–C) groups is 1. The van der Waals surface area contributed by atoms with Crippen LogP contribution in [-0.2, 0) is 9.59 Å². The van der Waals surface area contributed by atoms with Crippen LogP contribution >= 0.6 is 24.0 Å². The molecule has 0 spiro atoms. The summed E-state index contributed by atoms with van der Waals surface area (Å²) in [7, 11) is 3.44. The topological polar surface area (TPSA) is 68.2 Å². The molecule has 7 nitrogen and oxygen atoms in total. The molecule has 1 aromatic carbocycles. The Morgan fingerprint density at radius 3 is 2.50 bits per heavy atom. The Bertz CT molecular complexity index is 706. The number of piperazine rings is 1. The summed E-state index contributed by atoms with van der Waals surface area (Å²) in [5, 5.41) is 3.41. The number of nitrogens with one attached hydrogen (secondary N) is 1. The summed E-state index contributed by atoms with van der Waals surface area (Å²) >= 11 is 0. The van der Waals surface area contributed by atoms with Gasteiger partial charge in [0, 0.05) is 33.2 Å². The van der Waals surface area contributed by atoms with E-state index in [1.54, 1.807) is 14.1 Å². The van der Waals surface area contributed by atoms with Gasteiger partial charge >= 0.3 is 0 Å². The lowest BCUT2D eigenvalue weighted by Gasteiger charge is -2.37. The molecule has 1 heterocycles. The van der Waals surface area contributed by atoms with E-state index in [9.17, 15) is 9.59 Å². The maximum Gasteiger partial charge on any atom is 0.243 e. The monoisotopic (exact) mass is 499 g/mol. The van der Waals surface area contributed by atoms with E-state index in [0.717, 1.165) is 24.9 Å². The largest absolute Gasteiger partial charge is 0.350 e. The number of hydrogen-bond acceptors (Lipinski definition) is 3. The van der Waals surface area contributed by atoms with Crippen LogP contribution in [0.2, 0.25) is 0 Å². The zero-order valence-electron chi connectivity index (χ0n) is 16.8. The lowest BCUT2D eigenvalue weighted by molar-refractivity contribution is -0.135. The normalized spacial score (nSPS) is 18.4. The molecular formula is C20H30IN5O2. The third-order valence-corrected chi connectivity index (χ3v) is 5.05. The summed E-state index contributed by atoms with van der Waals surface area (Å²) in [5.74, 6) is 0.694. The first-order valence-corrected chi connectivity index (χ1v) is 9.56. The van der Waals surface area contributed by atoms with Crippen molar-refractivity contribution >= 4 is 41.8 Å². The van der Waals surface area contributed by atoms with Gasteiger partial charge in [0.1, 0.15) is 6.54 Å². The van der Waals surface area contributed by atoms with Crippen LogP contribution in [0.1, 0.15) is 31.4 Å². The molecule has 0 radical (unpaired) electrons. The number of hydrogen-bond donors (Lipinski definition) is 1. The molecule has 154 valence electrons. The van der Waals surface area contributed by atoms with Crippen molar-refractivity contribution in [2.24, 2.45) is 4.99 Å². The summed E-state index contributed by atoms with van der Waals surface area (Å²) in [4.78, 5) is 34.5. The van der Waals surface area contributed by atoms with Gasteiger partial charge in [-0.1, -0.05) is 30.3 Å². The number of benzene rings is 1. The molecule has 0 bridgehead atoms. The average Bonchev–Trinajstić information content (AvgIpc) is 3.50. The fourth-order valence-electron chi connectivity index (χ4n) is 3.18. The number of carbonyl (C=O) groups is 2. The number of halogens is 1. The number of rotatable bonds is 5. The van der Waals surface area contributed by atoms with Crippen molar-refractivity contribution in [1.82, 2.24) is 20.0 Å². The minimum absolute atomic E-state index is 0. The second kappa shape index (κ2) is 10.1. The van der Waals surface area contributed by atoms with Gasteiger partial charge in [-0.3, -0.25) is 9.59 Å². The van der Waals surface area contributed by atoms with Gasteiger partial charge in [-0.25, -0.2) is 4.99 Å². The lowest BCUT2D eigenvalue weighted by Crippen LogP contribution is -2.56. The van der Waals surface area contributed by atoms with E-state index < -0.39 is 0 Å². The molecule has 1 aliphatic carbocycles. The fraction of sp³-hybridized carbons (Fsp3) is 0.550. The van der Waals surface area contributed by atoms with Crippen molar-refractivity contribution < 1.29 is 9.59 Å². The Kier molecular flexibility index (Phi) is 8.09. The van der Waals surface area contributed by atoms with Gasteiger partial charge in [0.15, 0.2) is 5.96 Å². The van der Waals surface area contributed by atoms with Crippen LogP contribution in [0.15, 0.2) is 35.3 Å². The minimum Gasteiger partial charge on any atom is -0.350 e. The summed E-state index contributed by atoms with van der Waals surface area (Å²) in [5.41, 5.74) is 1.13. The van der Waals surface area contributed by atoms with Crippen LogP contribution < -0.4 is 5.32 Å². The van der Waals surface area contributed by atoms with Crippen molar-refractivity contribution in [3.05, 3.63) is 35.9 Å². The summed E-state index contributed by atoms with van der Waals surface area (Å²) in [6.45, 7) is 3.87.